The minimum Gasteiger partial charge on any atom is -0.397 e. The molecule has 0 aliphatic heterocycles. The summed E-state index contributed by atoms with van der Waals surface area (Å²) >= 11 is 0. The molecule has 2 rings (SSSR count). The van der Waals surface area contributed by atoms with Crippen LogP contribution < -0.4 is 11.1 Å². The van der Waals surface area contributed by atoms with Crippen LogP contribution in [-0.2, 0) is 23.8 Å². The Morgan fingerprint density at radius 2 is 1.63 bits per heavy atom. The summed E-state index contributed by atoms with van der Waals surface area (Å²) in [5.41, 5.74) is 7.12. The standard InChI is InChI=1S/C22H25F5N2O/c1-2-3-4-17(23)20(24)21(30)29-19-12-9-15(13-18(19)28)6-5-14-7-10-16(11-8-14)22(25,26)27/h7-13,17,20H,2-6,28H2,1H3,(H,29,30)/t17-,20+/m1/s1. The molecule has 0 unspecified atom stereocenters. The second-order valence-corrected chi connectivity index (χ2v) is 7.17. The summed E-state index contributed by atoms with van der Waals surface area (Å²) < 4.78 is 65.5. The average Bonchev–Trinajstić information content (AvgIpc) is 2.71. The van der Waals surface area contributed by atoms with Gasteiger partial charge in [-0.15, -0.1) is 0 Å². The molecule has 2 atom stereocenters. The van der Waals surface area contributed by atoms with Crippen LogP contribution in [-0.4, -0.2) is 18.3 Å². The van der Waals surface area contributed by atoms with Crippen LogP contribution in [0.5, 0.6) is 0 Å². The first-order valence-corrected chi connectivity index (χ1v) is 9.75. The summed E-state index contributed by atoms with van der Waals surface area (Å²) in [4.78, 5) is 11.9. The predicted octanol–water partition coefficient (Wildman–Crippen LogP) is 5.88. The van der Waals surface area contributed by atoms with Crippen molar-refractivity contribution in [1.82, 2.24) is 0 Å². The third-order valence-corrected chi connectivity index (χ3v) is 4.76. The lowest BCUT2D eigenvalue weighted by atomic mass is 10.0. The molecule has 0 saturated heterocycles. The van der Waals surface area contributed by atoms with Crippen LogP contribution in [0.25, 0.3) is 0 Å². The zero-order valence-electron chi connectivity index (χ0n) is 16.6. The zero-order chi connectivity index (χ0) is 22.3. The average molecular weight is 428 g/mol. The van der Waals surface area contributed by atoms with E-state index in [1.807, 2.05) is 6.92 Å². The van der Waals surface area contributed by atoms with Gasteiger partial charge in [-0.25, -0.2) is 8.78 Å². The summed E-state index contributed by atoms with van der Waals surface area (Å²) in [6.45, 7) is 1.85. The Balaban J connectivity index is 1.94. The SMILES string of the molecule is CCCC[C@@H](F)[C@H](F)C(=O)Nc1ccc(CCc2ccc(C(F)(F)F)cc2)cc1N. The molecule has 0 aliphatic rings. The summed E-state index contributed by atoms with van der Waals surface area (Å²) in [5, 5.41) is 2.30. The third-order valence-electron chi connectivity index (χ3n) is 4.76. The fourth-order valence-corrected chi connectivity index (χ4v) is 2.94. The number of alkyl halides is 5. The number of halogens is 5. The van der Waals surface area contributed by atoms with Crippen molar-refractivity contribution in [2.24, 2.45) is 0 Å². The minimum absolute atomic E-state index is 0.0243. The normalized spacial score (nSPS) is 13.7. The molecule has 0 aromatic heterocycles. The maximum absolute atomic E-state index is 13.9. The number of hydrogen-bond donors (Lipinski definition) is 2. The highest BCUT2D eigenvalue weighted by atomic mass is 19.4. The van der Waals surface area contributed by atoms with Gasteiger partial charge in [0.2, 0.25) is 6.17 Å². The summed E-state index contributed by atoms with van der Waals surface area (Å²) in [7, 11) is 0. The van der Waals surface area contributed by atoms with Crippen molar-refractivity contribution in [3.63, 3.8) is 0 Å². The summed E-state index contributed by atoms with van der Waals surface area (Å²) in [6.07, 6.45) is -6.33. The lowest BCUT2D eigenvalue weighted by Crippen LogP contribution is -2.32. The van der Waals surface area contributed by atoms with Crippen LogP contribution in [0.15, 0.2) is 42.5 Å². The molecule has 2 aromatic rings. The molecule has 8 heteroatoms. The molecule has 0 heterocycles. The topological polar surface area (TPSA) is 55.1 Å². The summed E-state index contributed by atoms with van der Waals surface area (Å²) in [5.74, 6) is -1.08. The molecule has 30 heavy (non-hydrogen) atoms. The third kappa shape index (κ3) is 6.71. The minimum atomic E-state index is -4.37. The van der Waals surface area contributed by atoms with Crippen LogP contribution in [0.2, 0.25) is 0 Å². The van der Waals surface area contributed by atoms with E-state index in [-0.39, 0.29) is 17.8 Å². The van der Waals surface area contributed by atoms with Crippen LogP contribution >= 0.6 is 0 Å². The van der Waals surface area contributed by atoms with Gasteiger partial charge in [0.1, 0.15) is 6.17 Å². The molecule has 164 valence electrons. The van der Waals surface area contributed by atoms with Crippen LogP contribution in [0.1, 0.15) is 42.9 Å². The number of nitrogens with two attached hydrogens (primary N) is 1. The monoisotopic (exact) mass is 428 g/mol. The van der Waals surface area contributed by atoms with Crippen molar-refractivity contribution in [3.8, 4) is 0 Å². The highest BCUT2D eigenvalue weighted by molar-refractivity contribution is 5.97. The van der Waals surface area contributed by atoms with Gasteiger partial charge in [-0.1, -0.05) is 38.0 Å². The highest BCUT2D eigenvalue weighted by Gasteiger charge is 2.30. The summed E-state index contributed by atoms with van der Waals surface area (Å²) in [6, 6.07) is 9.69. The van der Waals surface area contributed by atoms with Crippen molar-refractivity contribution in [2.45, 2.75) is 57.5 Å². The fourth-order valence-electron chi connectivity index (χ4n) is 2.94. The maximum atomic E-state index is 13.9. The number of anilines is 2. The molecule has 3 N–H and O–H groups in total. The molecule has 2 aromatic carbocycles. The van der Waals surface area contributed by atoms with Gasteiger partial charge >= 0.3 is 6.18 Å². The van der Waals surface area contributed by atoms with Gasteiger partial charge in [0.15, 0.2) is 0 Å². The number of hydrogen-bond acceptors (Lipinski definition) is 2. The lowest BCUT2D eigenvalue weighted by Gasteiger charge is -2.15. The smallest absolute Gasteiger partial charge is 0.397 e. The van der Waals surface area contributed by atoms with E-state index in [1.165, 1.54) is 18.2 Å². The molecular formula is C22H25F5N2O. The van der Waals surface area contributed by atoms with E-state index in [0.29, 0.717) is 25.7 Å². The van der Waals surface area contributed by atoms with E-state index >= 15 is 0 Å². The van der Waals surface area contributed by atoms with Gasteiger partial charge in [-0.05, 0) is 54.7 Å². The molecule has 0 aliphatic carbocycles. The van der Waals surface area contributed by atoms with Crippen molar-refractivity contribution in [3.05, 3.63) is 59.2 Å². The van der Waals surface area contributed by atoms with Crippen molar-refractivity contribution < 1.29 is 26.7 Å². The number of nitrogens with one attached hydrogen (secondary N) is 1. The van der Waals surface area contributed by atoms with Crippen molar-refractivity contribution >= 4 is 17.3 Å². The van der Waals surface area contributed by atoms with Gasteiger partial charge in [-0.2, -0.15) is 13.2 Å². The van der Waals surface area contributed by atoms with E-state index in [9.17, 15) is 26.7 Å². The van der Waals surface area contributed by atoms with Crippen LogP contribution in [0.3, 0.4) is 0 Å². The quantitative estimate of drug-likeness (QED) is 0.387. The molecular weight excluding hydrogens is 403 g/mol. The molecule has 0 bridgehead atoms. The van der Waals surface area contributed by atoms with Gasteiger partial charge in [-0.3, -0.25) is 4.79 Å². The van der Waals surface area contributed by atoms with Gasteiger partial charge in [0, 0.05) is 0 Å². The fraction of sp³-hybridized carbons (Fsp3) is 0.409. The van der Waals surface area contributed by atoms with E-state index < -0.39 is 30.0 Å². The Kier molecular flexibility index (Phi) is 8.20. The van der Waals surface area contributed by atoms with Gasteiger partial charge in [0.25, 0.3) is 5.91 Å². The Morgan fingerprint density at radius 1 is 1.03 bits per heavy atom. The molecule has 0 spiro atoms. The number of carbonyl (C=O) groups excluding carboxylic acids is 1. The number of benzene rings is 2. The Hall–Kier alpha value is -2.64. The van der Waals surface area contributed by atoms with Gasteiger partial charge in [0.05, 0.1) is 16.9 Å². The Bertz CT molecular complexity index is 836. The Labute approximate surface area is 172 Å². The van der Waals surface area contributed by atoms with Gasteiger partial charge < -0.3 is 11.1 Å². The first-order chi connectivity index (χ1) is 14.1. The first-order valence-electron chi connectivity index (χ1n) is 9.75. The van der Waals surface area contributed by atoms with E-state index in [4.69, 9.17) is 5.73 Å². The molecule has 0 radical (unpaired) electrons. The highest BCUT2D eigenvalue weighted by Crippen LogP contribution is 2.29. The van der Waals surface area contributed by atoms with E-state index in [2.05, 4.69) is 5.32 Å². The molecule has 1 amide bonds. The number of unbranched alkanes of at least 4 members (excludes halogenated alkanes) is 1. The number of amides is 1. The maximum Gasteiger partial charge on any atom is 0.416 e. The number of nitrogen functional groups attached to an aromatic ring is 1. The second kappa shape index (κ2) is 10.4. The van der Waals surface area contributed by atoms with E-state index in [0.717, 1.165) is 23.3 Å². The number of rotatable bonds is 9. The number of aryl methyl sites for hydroxylation is 2. The second-order valence-electron chi connectivity index (χ2n) is 7.17. The van der Waals surface area contributed by atoms with Crippen LogP contribution in [0, 0.1) is 0 Å². The van der Waals surface area contributed by atoms with E-state index in [1.54, 1.807) is 12.1 Å². The number of carbonyl (C=O) groups is 1. The predicted molar refractivity (Wildman–Crippen MR) is 108 cm³/mol. The lowest BCUT2D eigenvalue weighted by molar-refractivity contribution is -0.137. The zero-order valence-corrected chi connectivity index (χ0v) is 16.6. The van der Waals surface area contributed by atoms with Crippen molar-refractivity contribution in [2.75, 3.05) is 11.1 Å². The molecule has 0 fully saturated rings. The van der Waals surface area contributed by atoms with Crippen LogP contribution in [0.4, 0.5) is 33.3 Å². The first kappa shape index (κ1) is 23.6. The Morgan fingerprint density at radius 3 is 2.20 bits per heavy atom. The molecule has 0 saturated carbocycles. The molecule has 3 nitrogen and oxygen atoms in total. The largest absolute Gasteiger partial charge is 0.416 e. The van der Waals surface area contributed by atoms with Crippen molar-refractivity contribution in [1.29, 1.82) is 0 Å².